The minimum Gasteiger partial charge on any atom is -0.325 e. The van der Waals surface area contributed by atoms with E-state index in [-0.39, 0.29) is 30.0 Å². The van der Waals surface area contributed by atoms with E-state index in [9.17, 15) is 9.18 Å². The van der Waals surface area contributed by atoms with E-state index in [4.69, 9.17) is 0 Å². The summed E-state index contributed by atoms with van der Waals surface area (Å²) in [4.78, 5) is 11.7. The Morgan fingerprint density at radius 2 is 2.12 bits per heavy atom. The molecule has 2 N–H and O–H groups in total. The van der Waals surface area contributed by atoms with Crippen LogP contribution in [-0.2, 0) is 4.79 Å². The molecule has 0 aliphatic carbocycles. The van der Waals surface area contributed by atoms with Crippen LogP contribution in [0.5, 0.6) is 0 Å². The van der Waals surface area contributed by atoms with E-state index >= 15 is 0 Å². The summed E-state index contributed by atoms with van der Waals surface area (Å²) in [6, 6.07) is 4.66. The molecule has 0 radical (unpaired) electrons. The van der Waals surface area contributed by atoms with Crippen molar-refractivity contribution in [2.75, 3.05) is 18.9 Å². The van der Waals surface area contributed by atoms with Crippen molar-refractivity contribution in [2.24, 2.45) is 5.92 Å². The number of carbonyl (C=O) groups is 1. The molecule has 1 amide bonds. The van der Waals surface area contributed by atoms with Gasteiger partial charge in [-0.1, -0.05) is 13.0 Å². The van der Waals surface area contributed by atoms with Gasteiger partial charge in [-0.3, -0.25) is 4.79 Å². The van der Waals surface area contributed by atoms with Gasteiger partial charge in [0.2, 0.25) is 5.91 Å². The van der Waals surface area contributed by atoms with Crippen LogP contribution >= 0.6 is 12.4 Å². The molecule has 3 nitrogen and oxygen atoms in total. The van der Waals surface area contributed by atoms with Crippen LogP contribution in [0.25, 0.3) is 0 Å². The minimum atomic E-state index is -0.306. The zero-order valence-electron chi connectivity index (χ0n) is 10.2. The maximum Gasteiger partial charge on any atom is 0.228 e. The van der Waals surface area contributed by atoms with Crippen LogP contribution in [0, 0.1) is 18.7 Å². The van der Waals surface area contributed by atoms with E-state index in [2.05, 4.69) is 10.6 Å². The Labute approximate surface area is 107 Å². The molecule has 96 valence electrons. The van der Waals surface area contributed by atoms with Crippen LogP contribution in [0.15, 0.2) is 18.2 Å². The summed E-state index contributed by atoms with van der Waals surface area (Å²) in [5.74, 6) is -0.560. The maximum absolute atomic E-state index is 13.2. The lowest BCUT2D eigenvalue weighted by molar-refractivity contribution is -0.119. The minimum absolute atomic E-state index is 0. The molecule has 0 bridgehead atoms. The monoisotopic (exact) mass is 260 g/mol. The van der Waals surface area contributed by atoms with Crippen molar-refractivity contribution in [3.8, 4) is 0 Å². The number of halogens is 2. The van der Waals surface area contributed by atoms with Crippen molar-refractivity contribution >= 4 is 24.0 Å². The van der Waals surface area contributed by atoms with E-state index < -0.39 is 0 Å². The lowest BCUT2D eigenvalue weighted by Gasteiger charge is -2.13. The second kappa shape index (κ2) is 7.25. The van der Waals surface area contributed by atoms with E-state index in [0.29, 0.717) is 17.8 Å². The highest BCUT2D eigenvalue weighted by Crippen LogP contribution is 2.17. The highest BCUT2D eigenvalue weighted by Gasteiger charge is 2.13. The summed E-state index contributed by atoms with van der Waals surface area (Å²) in [5.41, 5.74) is 1.00. The van der Waals surface area contributed by atoms with E-state index in [0.717, 1.165) is 0 Å². The molecule has 17 heavy (non-hydrogen) atoms. The van der Waals surface area contributed by atoms with E-state index in [1.165, 1.54) is 6.07 Å². The number of hydrogen-bond donors (Lipinski definition) is 2. The largest absolute Gasteiger partial charge is 0.325 e. The molecule has 5 heteroatoms. The fourth-order valence-electron chi connectivity index (χ4n) is 1.40. The molecule has 1 aromatic carbocycles. The molecule has 1 rings (SSSR count). The number of rotatable bonds is 4. The number of benzene rings is 1. The predicted molar refractivity (Wildman–Crippen MR) is 70.1 cm³/mol. The normalized spacial score (nSPS) is 11.5. The van der Waals surface area contributed by atoms with Gasteiger partial charge in [-0.2, -0.15) is 0 Å². The Kier molecular flexibility index (Phi) is 6.76. The SMILES string of the molecule is CNCC(C)C(=O)Nc1cccc(F)c1C.Cl. The Morgan fingerprint density at radius 3 is 2.71 bits per heavy atom. The summed E-state index contributed by atoms with van der Waals surface area (Å²) >= 11 is 0. The fraction of sp³-hybridized carbons (Fsp3) is 0.417. The van der Waals surface area contributed by atoms with Gasteiger partial charge < -0.3 is 10.6 Å². The molecular formula is C12H18ClFN2O. The van der Waals surface area contributed by atoms with Gasteiger partial charge in [0.15, 0.2) is 0 Å². The van der Waals surface area contributed by atoms with Gasteiger partial charge in [0.1, 0.15) is 5.82 Å². The summed E-state index contributed by atoms with van der Waals surface area (Å²) < 4.78 is 13.2. The van der Waals surface area contributed by atoms with Crippen molar-refractivity contribution < 1.29 is 9.18 Å². The average Bonchev–Trinajstić information content (AvgIpc) is 2.25. The number of hydrogen-bond acceptors (Lipinski definition) is 2. The second-order valence-electron chi connectivity index (χ2n) is 3.86. The summed E-state index contributed by atoms with van der Waals surface area (Å²) in [6.45, 7) is 4.06. The first-order valence-electron chi connectivity index (χ1n) is 5.26. The first-order valence-corrected chi connectivity index (χ1v) is 5.26. The molecule has 0 heterocycles. The van der Waals surface area contributed by atoms with Crippen LogP contribution in [0.3, 0.4) is 0 Å². The fourth-order valence-corrected chi connectivity index (χ4v) is 1.40. The average molecular weight is 261 g/mol. The molecule has 1 atom stereocenters. The van der Waals surface area contributed by atoms with Crippen LogP contribution < -0.4 is 10.6 Å². The molecular weight excluding hydrogens is 243 g/mol. The molecule has 0 aromatic heterocycles. The lowest BCUT2D eigenvalue weighted by Crippen LogP contribution is -2.28. The summed E-state index contributed by atoms with van der Waals surface area (Å²) in [5, 5.41) is 5.64. The Balaban J connectivity index is 0.00000256. The van der Waals surface area contributed by atoms with Gasteiger partial charge in [-0.15, -0.1) is 12.4 Å². The molecule has 0 saturated carbocycles. The molecule has 0 fully saturated rings. The Hall–Kier alpha value is -1.13. The number of carbonyl (C=O) groups excluding carboxylic acids is 1. The van der Waals surface area contributed by atoms with Gasteiger partial charge in [0, 0.05) is 23.7 Å². The smallest absolute Gasteiger partial charge is 0.228 e. The summed E-state index contributed by atoms with van der Waals surface area (Å²) in [7, 11) is 1.79. The topological polar surface area (TPSA) is 41.1 Å². The maximum atomic E-state index is 13.2. The number of anilines is 1. The van der Waals surface area contributed by atoms with Gasteiger partial charge in [-0.05, 0) is 26.1 Å². The first kappa shape index (κ1) is 15.9. The van der Waals surface area contributed by atoms with E-state index in [1.807, 2.05) is 6.92 Å². The van der Waals surface area contributed by atoms with Crippen LogP contribution in [0.4, 0.5) is 10.1 Å². The predicted octanol–water partition coefficient (Wildman–Crippen LogP) is 2.35. The van der Waals surface area contributed by atoms with Crippen molar-refractivity contribution in [1.29, 1.82) is 0 Å². The van der Waals surface area contributed by atoms with Gasteiger partial charge in [0.25, 0.3) is 0 Å². The van der Waals surface area contributed by atoms with Gasteiger partial charge in [0.05, 0.1) is 0 Å². The lowest BCUT2D eigenvalue weighted by atomic mass is 10.1. The molecule has 0 spiro atoms. The van der Waals surface area contributed by atoms with E-state index in [1.54, 1.807) is 26.1 Å². The van der Waals surface area contributed by atoms with Crippen LogP contribution in [0.1, 0.15) is 12.5 Å². The first-order chi connectivity index (χ1) is 7.56. The van der Waals surface area contributed by atoms with Crippen molar-refractivity contribution in [1.82, 2.24) is 5.32 Å². The molecule has 0 aliphatic rings. The third kappa shape index (κ3) is 4.32. The highest BCUT2D eigenvalue weighted by atomic mass is 35.5. The molecule has 0 saturated heterocycles. The third-order valence-electron chi connectivity index (χ3n) is 2.48. The zero-order chi connectivity index (χ0) is 12.1. The highest BCUT2D eigenvalue weighted by molar-refractivity contribution is 5.93. The molecule has 1 unspecified atom stereocenters. The van der Waals surface area contributed by atoms with Crippen LogP contribution in [0.2, 0.25) is 0 Å². The van der Waals surface area contributed by atoms with Crippen molar-refractivity contribution in [3.05, 3.63) is 29.6 Å². The third-order valence-corrected chi connectivity index (χ3v) is 2.48. The Bertz CT molecular complexity index is 385. The number of nitrogens with one attached hydrogen (secondary N) is 2. The molecule has 1 aromatic rings. The van der Waals surface area contributed by atoms with Crippen molar-refractivity contribution in [3.63, 3.8) is 0 Å². The molecule has 0 aliphatic heterocycles. The standard InChI is InChI=1S/C12H17FN2O.ClH/c1-8(7-14-3)12(16)15-11-6-4-5-10(13)9(11)2;/h4-6,8,14H,7H2,1-3H3,(H,15,16);1H. The quantitative estimate of drug-likeness (QED) is 0.873. The van der Waals surface area contributed by atoms with Gasteiger partial charge >= 0.3 is 0 Å². The zero-order valence-corrected chi connectivity index (χ0v) is 11.0. The second-order valence-corrected chi connectivity index (χ2v) is 3.86. The van der Waals surface area contributed by atoms with Gasteiger partial charge in [-0.25, -0.2) is 4.39 Å². The Morgan fingerprint density at radius 1 is 1.47 bits per heavy atom. The van der Waals surface area contributed by atoms with Crippen LogP contribution in [-0.4, -0.2) is 19.5 Å². The number of amides is 1. The summed E-state index contributed by atoms with van der Waals surface area (Å²) in [6.07, 6.45) is 0. The van der Waals surface area contributed by atoms with Crippen molar-refractivity contribution in [2.45, 2.75) is 13.8 Å².